The van der Waals surface area contributed by atoms with Crippen LogP contribution in [-0.4, -0.2) is 26.1 Å². The molecule has 8 heteroatoms. The number of carbonyl (C=O) groups excluding carboxylic acids is 1. The van der Waals surface area contributed by atoms with Gasteiger partial charge >= 0.3 is 0 Å². The number of rotatable bonds is 4. The van der Waals surface area contributed by atoms with E-state index in [2.05, 4.69) is 36.7 Å². The van der Waals surface area contributed by atoms with Crippen molar-refractivity contribution in [3.63, 3.8) is 0 Å². The average molecular weight is 390 g/mol. The van der Waals surface area contributed by atoms with Gasteiger partial charge in [-0.1, -0.05) is 34.1 Å². The lowest BCUT2D eigenvalue weighted by molar-refractivity contribution is -0.117. The zero-order chi connectivity index (χ0) is 17.1. The number of amides is 1. The Morgan fingerprint density at radius 1 is 1.29 bits per heavy atom. The Bertz CT molecular complexity index is 896. The fourth-order valence-corrected chi connectivity index (χ4v) is 2.43. The van der Waals surface area contributed by atoms with Gasteiger partial charge in [0, 0.05) is 15.7 Å². The van der Waals surface area contributed by atoms with E-state index < -0.39 is 0 Å². The molecular weight excluding hydrogens is 377 g/mol. The first kappa shape index (κ1) is 16.3. The number of nitrogens with zero attached hydrogens (tertiary/aromatic N) is 4. The fraction of sp³-hybridized carbons (Fsp3) is 0.125. The van der Waals surface area contributed by atoms with Crippen LogP contribution in [0.4, 0.5) is 10.1 Å². The second-order valence-electron chi connectivity index (χ2n) is 5.17. The van der Waals surface area contributed by atoms with E-state index in [9.17, 15) is 9.18 Å². The summed E-state index contributed by atoms with van der Waals surface area (Å²) in [5, 5.41) is 14.5. The molecule has 0 saturated carbocycles. The van der Waals surface area contributed by atoms with E-state index in [0.29, 0.717) is 11.3 Å². The number of aromatic nitrogens is 4. The SMILES string of the molecule is Cc1ccc(NC(=O)Cn2nnc(-c3cccc(F)c3)n2)cc1Br. The third kappa shape index (κ3) is 3.83. The van der Waals surface area contributed by atoms with E-state index in [1.807, 2.05) is 25.1 Å². The van der Waals surface area contributed by atoms with Gasteiger partial charge in [0.15, 0.2) is 0 Å². The van der Waals surface area contributed by atoms with Crippen LogP contribution in [0.1, 0.15) is 5.56 Å². The minimum absolute atomic E-state index is 0.0895. The summed E-state index contributed by atoms with van der Waals surface area (Å²) in [7, 11) is 0. The second kappa shape index (κ2) is 6.88. The molecule has 0 saturated heterocycles. The lowest BCUT2D eigenvalue weighted by Crippen LogP contribution is -2.20. The van der Waals surface area contributed by atoms with Gasteiger partial charge in [-0.15, -0.1) is 10.2 Å². The highest BCUT2D eigenvalue weighted by molar-refractivity contribution is 9.10. The Labute approximate surface area is 145 Å². The molecule has 0 atom stereocenters. The van der Waals surface area contributed by atoms with Gasteiger partial charge in [-0.05, 0) is 42.0 Å². The van der Waals surface area contributed by atoms with Crippen LogP contribution in [0.5, 0.6) is 0 Å². The van der Waals surface area contributed by atoms with Crippen LogP contribution in [0.25, 0.3) is 11.4 Å². The summed E-state index contributed by atoms with van der Waals surface area (Å²) >= 11 is 3.42. The lowest BCUT2D eigenvalue weighted by atomic mass is 10.2. The van der Waals surface area contributed by atoms with Crippen molar-refractivity contribution in [3.8, 4) is 11.4 Å². The summed E-state index contributed by atoms with van der Waals surface area (Å²) in [6.07, 6.45) is 0. The smallest absolute Gasteiger partial charge is 0.248 e. The third-order valence-electron chi connectivity index (χ3n) is 3.28. The molecule has 2 aromatic carbocycles. The topological polar surface area (TPSA) is 72.7 Å². The number of hydrogen-bond donors (Lipinski definition) is 1. The first-order chi connectivity index (χ1) is 11.5. The largest absolute Gasteiger partial charge is 0.324 e. The molecule has 6 nitrogen and oxygen atoms in total. The Kier molecular flexibility index (Phi) is 4.66. The summed E-state index contributed by atoms with van der Waals surface area (Å²) in [6, 6.07) is 11.4. The van der Waals surface area contributed by atoms with Crippen LogP contribution >= 0.6 is 15.9 Å². The first-order valence-electron chi connectivity index (χ1n) is 7.11. The summed E-state index contributed by atoms with van der Waals surface area (Å²) in [6.45, 7) is 1.87. The van der Waals surface area contributed by atoms with Crippen LogP contribution < -0.4 is 5.32 Å². The predicted molar refractivity (Wildman–Crippen MR) is 90.7 cm³/mol. The first-order valence-corrected chi connectivity index (χ1v) is 7.90. The van der Waals surface area contributed by atoms with E-state index in [1.54, 1.807) is 12.1 Å². The Morgan fingerprint density at radius 3 is 2.88 bits per heavy atom. The maximum absolute atomic E-state index is 13.2. The zero-order valence-electron chi connectivity index (χ0n) is 12.7. The summed E-state index contributed by atoms with van der Waals surface area (Å²) in [4.78, 5) is 13.2. The summed E-state index contributed by atoms with van der Waals surface area (Å²) in [5.41, 5.74) is 2.25. The van der Waals surface area contributed by atoms with Crippen molar-refractivity contribution in [1.82, 2.24) is 20.2 Å². The highest BCUT2D eigenvalue weighted by atomic mass is 79.9. The molecule has 1 aromatic heterocycles. The van der Waals surface area contributed by atoms with Gasteiger partial charge in [0.25, 0.3) is 0 Å². The second-order valence-corrected chi connectivity index (χ2v) is 6.02. The number of halogens is 2. The normalized spacial score (nSPS) is 10.6. The van der Waals surface area contributed by atoms with Crippen molar-refractivity contribution < 1.29 is 9.18 Å². The molecule has 0 radical (unpaired) electrons. The average Bonchev–Trinajstić information content (AvgIpc) is 2.99. The molecule has 24 heavy (non-hydrogen) atoms. The van der Waals surface area contributed by atoms with Crippen molar-refractivity contribution in [3.05, 3.63) is 58.3 Å². The number of tetrazole rings is 1. The van der Waals surface area contributed by atoms with Crippen molar-refractivity contribution >= 4 is 27.5 Å². The van der Waals surface area contributed by atoms with Crippen LogP contribution in [-0.2, 0) is 11.3 Å². The number of aryl methyl sites for hydroxylation is 1. The van der Waals surface area contributed by atoms with E-state index in [0.717, 1.165) is 10.0 Å². The zero-order valence-corrected chi connectivity index (χ0v) is 14.3. The van der Waals surface area contributed by atoms with Gasteiger partial charge in [-0.2, -0.15) is 4.80 Å². The highest BCUT2D eigenvalue weighted by Gasteiger charge is 2.10. The van der Waals surface area contributed by atoms with Gasteiger partial charge in [-0.25, -0.2) is 4.39 Å². The fourth-order valence-electron chi connectivity index (χ4n) is 2.05. The van der Waals surface area contributed by atoms with Gasteiger partial charge in [0.2, 0.25) is 11.7 Å². The molecule has 0 aliphatic carbocycles. The van der Waals surface area contributed by atoms with Crippen molar-refractivity contribution in [2.24, 2.45) is 0 Å². The van der Waals surface area contributed by atoms with E-state index in [1.165, 1.54) is 16.9 Å². The van der Waals surface area contributed by atoms with E-state index >= 15 is 0 Å². The summed E-state index contributed by atoms with van der Waals surface area (Å²) in [5.74, 6) is -0.402. The van der Waals surface area contributed by atoms with E-state index in [-0.39, 0.29) is 24.1 Å². The van der Waals surface area contributed by atoms with Crippen LogP contribution in [0.3, 0.4) is 0 Å². The van der Waals surface area contributed by atoms with Gasteiger partial charge in [0.1, 0.15) is 12.4 Å². The van der Waals surface area contributed by atoms with Gasteiger partial charge in [-0.3, -0.25) is 4.79 Å². The molecule has 0 bridgehead atoms. The molecule has 3 rings (SSSR count). The molecule has 1 amide bonds. The standard InChI is InChI=1S/C16H13BrFN5O/c1-10-5-6-13(8-14(10)17)19-15(24)9-23-21-16(20-22-23)11-3-2-4-12(18)7-11/h2-8H,9H2,1H3,(H,19,24). The number of benzene rings is 2. The number of anilines is 1. The maximum Gasteiger partial charge on any atom is 0.248 e. The van der Waals surface area contributed by atoms with E-state index in [4.69, 9.17) is 0 Å². The predicted octanol–water partition coefficient (Wildman–Crippen LogP) is 3.19. The van der Waals surface area contributed by atoms with Crippen molar-refractivity contribution in [2.75, 3.05) is 5.32 Å². The van der Waals surface area contributed by atoms with Crippen LogP contribution in [0.2, 0.25) is 0 Å². The Balaban J connectivity index is 1.68. The molecule has 1 heterocycles. The quantitative estimate of drug-likeness (QED) is 0.743. The van der Waals surface area contributed by atoms with Gasteiger partial charge in [0.05, 0.1) is 0 Å². The Hall–Kier alpha value is -2.61. The summed E-state index contributed by atoms with van der Waals surface area (Å²) < 4.78 is 14.1. The van der Waals surface area contributed by atoms with Crippen LogP contribution in [0.15, 0.2) is 46.9 Å². The minimum atomic E-state index is -0.383. The minimum Gasteiger partial charge on any atom is -0.324 e. The molecule has 3 aromatic rings. The lowest BCUT2D eigenvalue weighted by Gasteiger charge is -2.06. The van der Waals surface area contributed by atoms with Crippen molar-refractivity contribution in [1.29, 1.82) is 0 Å². The monoisotopic (exact) mass is 389 g/mol. The Morgan fingerprint density at radius 2 is 2.12 bits per heavy atom. The van der Waals surface area contributed by atoms with Gasteiger partial charge < -0.3 is 5.32 Å². The number of carbonyl (C=O) groups is 1. The number of nitrogens with one attached hydrogen (secondary N) is 1. The molecule has 122 valence electrons. The molecular formula is C16H13BrFN5O. The van der Waals surface area contributed by atoms with Crippen LogP contribution in [0, 0.1) is 12.7 Å². The highest BCUT2D eigenvalue weighted by Crippen LogP contribution is 2.20. The molecule has 1 N–H and O–H groups in total. The number of hydrogen-bond acceptors (Lipinski definition) is 4. The molecule has 0 aliphatic heterocycles. The third-order valence-corrected chi connectivity index (χ3v) is 4.13. The maximum atomic E-state index is 13.2. The molecule has 0 fully saturated rings. The van der Waals surface area contributed by atoms with Crippen molar-refractivity contribution in [2.45, 2.75) is 13.5 Å². The molecule has 0 spiro atoms. The molecule has 0 aliphatic rings. The molecule has 0 unspecified atom stereocenters.